The minimum absolute atomic E-state index is 0.238. The summed E-state index contributed by atoms with van der Waals surface area (Å²) in [7, 11) is 0. The number of hydrogen-bond acceptors (Lipinski definition) is 4. The van der Waals surface area contributed by atoms with Gasteiger partial charge in [0.05, 0.1) is 5.69 Å². The van der Waals surface area contributed by atoms with E-state index in [1.807, 2.05) is 37.7 Å². The molecule has 1 aromatic heterocycles. The quantitative estimate of drug-likeness (QED) is 0.664. The van der Waals surface area contributed by atoms with Crippen molar-refractivity contribution >= 4 is 11.8 Å². The molecule has 2 aliphatic rings. The minimum atomic E-state index is -0.453. The van der Waals surface area contributed by atoms with Gasteiger partial charge in [-0.3, -0.25) is 0 Å². The van der Waals surface area contributed by atoms with E-state index in [0.717, 1.165) is 25.2 Å². The molecular weight excluding hydrogens is 400 g/mol. The van der Waals surface area contributed by atoms with Gasteiger partial charge in [0.25, 0.3) is 0 Å². The van der Waals surface area contributed by atoms with Gasteiger partial charge < -0.3 is 15.0 Å². The molecule has 6 nitrogen and oxygen atoms in total. The van der Waals surface area contributed by atoms with E-state index in [9.17, 15) is 4.79 Å². The van der Waals surface area contributed by atoms with E-state index in [4.69, 9.17) is 4.74 Å². The number of alkyl carbamates (subject to hydrolysis) is 1. The lowest BCUT2D eigenvalue weighted by Crippen LogP contribution is -2.46. The number of amides is 1. The summed E-state index contributed by atoms with van der Waals surface area (Å²) in [4.78, 5) is 14.9. The lowest BCUT2D eigenvalue weighted by molar-refractivity contribution is 0.0460. The number of carbonyl (C=O) groups is 1. The van der Waals surface area contributed by atoms with Gasteiger partial charge in [-0.2, -0.15) is 5.10 Å². The molecule has 1 aliphatic carbocycles. The van der Waals surface area contributed by atoms with Gasteiger partial charge in [-0.15, -0.1) is 0 Å². The number of piperidine rings is 1. The lowest BCUT2D eigenvalue weighted by atomic mass is 9.77. The molecule has 1 saturated heterocycles. The first-order valence-corrected chi connectivity index (χ1v) is 12.2. The van der Waals surface area contributed by atoms with E-state index in [0.29, 0.717) is 11.8 Å². The fourth-order valence-electron chi connectivity index (χ4n) is 5.30. The monoisotopic (exact) mass is 438 g/mol. The second-order valence-corrected chi connectivity index (χ2v) is 10.5. The van der Waals surface area contributed by atoms with Crippen LogP contribution < -0.4 is 10.2 Å². The average molecular weight is 439 g/mol. The highest BCUT2D eigenvalue weighted by Gasteiger charge is 2.31. The van der Waals surface area contributed by atoms with Crippen LogP contribution in [0.3, 0.4) is 0 Å². The number of benzene rings is 1. The van der Waals surface area contributed by atoms with Crippen molar-refractivity contribution in [1.29, 1.82) is 0 Å². The molecule has 1 N–H and O–H groups in total. The molecular formula is C26H38N4O2. The fourth-order valence-corrected chi connectivity index (χ4v) is 5.30. The van der Waals surface area contributed by atoms with E-state index in [2.05, 4.69) is 39.6 Å². The Bertz CT molecular complexity index is 857. The normalized spacial score (nSPS) is 24.2. The molecule has 0 bridgehead atoms. The zero-order valence-electron chi connectivity index (χ0n) is 19.8. The smallest absolute Gasteiger partial charge is 0.407 e. The second-order valence-electron chi connectivity index (χ2n) is 10.5. The van der Waals surface area contributed by atoms with Crippen LogP contribution in [0.5, 0.6) is 0 Å². The molecule has 1 aromatic carbocycles. The number of ether oxygens (including phenoxy) is 1. The van der Waals surface area contributed by atoms with Gasteiger partial charge in [-0.1, -0.05) is 12.8 Å². The topological polar surface area (TPSA) is 59.4 Å². The second kappa shape index (κ2) is 9.97. The summed E-state index contributed by atoms with van der Waals surface area (Å²) >= 11 is 0. The molecule has 4 rings (SSSR count). The molecule has 0 unspecified atom stereocenters. The molecule has 2 fully saturated rings. The number of aromatic nitrogens is 2. The third-order valence-electron chi connectivity index (χ3n) is 6.75. The van der Waals surface area contributed by atoms with Gasteiger partial charge in [0, 0.05) is 37.2 Å². The number of hydrogen-bond donors (Lipinski definition) is 1. The molecule has 6 heteroatoms. The Hall–Kier alpha value is -2.50. The zero-order chi connectivity index (χ0) is 22.6. The van der Waals surface area contributed by atoms with Crippen molar-refractivity contribution in [1.82, 2.24) is 15.1 Å². The molecule has 0 radical (unpaired) electrons. The number of anilines is 1. The van der Waals surface area contributed by atoms with Gasteiger partial charge in [-0.05, 0) is 95.0 Å². The first-order valence-electron chi connectivity index (χ1n) is 12.2. The van der Waals surface area contributed by atoms with Gasteiger partial charge >= 0.3 is 6.09 Å². The van der Waals surface area contributed by atoms with Crippen molar-refractivity contribution in [2.75, 3.05) is 18.0 Å². The Morgan fingerprint density at radius 1 is 1.09 bits per heavy atom. The van der Waals surface area contributed by atoms with Crippen LogP contribution >= 0.6 is 0 Å². The van der Waals surface area contributed by atoms with Gasteiger partial charge in [0.2, 0.25) is 0 Å². The fraction of sp³-hybridized carbons (Fsp3) is 0.615. The highest BCUT2D eigenvalue weighted by atomic mass is 16.6. The van der Waals surface area contributed by atoms with Gasteiger partial charge in [0.1, 0.15) is 5.60 Å². The Balaban J connectivity index is 1.34. The molecule has 32 heavy (non-hydrogen) atoms. The molecule has 0 spiro atoms. The average Bonchev–Trinajstić information content (AvgIpc) is 3.29. The van der Waals surface area contributed by atoms with Crippen LogP contribution in [-0.2, 0) is 4.74 Å². The summed E-state index contributed by atoms with van der Waals surface area (Å²) in [5, 5.41) is 7.51. The first-order chi connectivity index (χ1) is 15.4. The van der Waals surface area contributed by atoms with Crippen LogP contribution in [0.4, 0.5) is 10.5 Å². The van der Waals surface area contributed by atoms with E-state index in [1.165, 1.54) is 44.2 Å². The van der Waals surface area contributed by atoms with Gasteiger partial charge in [0.15, 0.2) is 0 Å². The lowest BCUT2D eigenvalue weighted by Gasteiger charge is -2.39. The maximum atomic E-state index is 12.4. The summed E-state index contributed by atoms with van der Waals surface area (Å²) in [6.45, 7) is 7.97. The third-order valence-corrected chi connectivity index (χ3v) is 6.75. The third kappa shape index (κ3) is 6.05. The Morgan fingerprint density at radius 3 is 2.56 bits per heavy atom. The van der Waals surface area contributed by atoms with E-state index in [1.54, 1.807) is 6.20 Å². The molecule has 2 aromatic rings. The maximum Gasteiger partial charge on any atom is 0.407 e. The summed E-state index contributed by atoms with van der Waals surface area (Å²) in [6.07, 6.45) is 11.9. The molecule has 1 aliphatic heterocycles. The molecule has 1 amide bonds. The summed E-state index contributed by atoms with van der Waals surface area (Å²) in [6, 6.07) is 10.9. The maximum absolute atomic E-state index is 12.4. The molecule has 1 saturated carbocycles. The van der Waals surface area contributed by atoms with Crippen molar-refractivity contribution in [2.24, 2.45) is 11.8 Å². The summed E-state index contributed by atoms with van der Waals surface area (Å²) < 4.78 is 7.42. The summed E-state index contributed by atoms with van der Waals surface area (Å²) in [5.74, 6) is 1.21. The van der Waals surface area contributed by atoms with E-state index in [-0.39, 0.29) is 12.1 Å². The van der Waals surface area contributed by atoms with Crippen LogP contribution in [0.2, 0.25) is 0 Å². The predicted octanol–water partition coefficient (Wildman–Crippen LogP) is 5.56. The molecule has 3 atom stereocenters. The number of rotatable bonds is 5. The largest absolute Gasteiger partial charge is 0.444 e. The van der Waals surface area contributed by atoms with Crippen LogP contribution in [-0.4, -0.2) is 40.6 Å². The highest BCUT2D eigenvalue weighted by molar-refractivity contribution is 5.68. The van der Waals surface area contributed by atoms with Crippen molar-refractivity contribution < 1.29 is 9.53 Å². The van der Waals surface area contributed by atoms with Crippen LogP contribution in [0, 0.1) is 11.8 Å². The Kier molecular flexibility index (Phi) is 7.07. The SMILES string of the molecule is CC(C)(C)OC(=O)N[C@@H]1CCCC[C@H]1C[C@H]1CCCN(c2ccc(-n3cccn3)cc2)C1. The Labute approximate surface area is 192 Å². The van der Waals surface area contributed by atoms with Crippen molar-refractivity contribution in [3.8, 4) is 5.69 Å². The molecule has 2 heterocycles. The van der Waals surface area contributed by atoms with E-state index < -0.39 is 5.60 Å². The van der Waals surface area contributed by atoms with Crippen molar-refractivity contribution in [3.63, 3.8) is 0 Å². The van der Waals surface area contributed by atoms with Crippen LogP contribution in [0.1, 0.15) is 65.7 Å². The van der Waals surface area contributed by atoms with Crippen LogP contribution in [0.15, 0.2) is 42.7 Å². The number of carbonyl (C=O) groups excluding carboxylic acids is 1. The standard InChI is InChI=1S/C26H38N4O2/c1-26(2,3)32-25(31)28-24-10-5-4-9-21(24)18-20-8-6-16-29(19-20)22-11-13-23(14-12-22)30-17-7-15-27-30/h7,11-15,17,20-21,24H,4-6,8-10,16,18-19H2,1-3H3,(H,28,31)/t20-,21+,24-/m1/s1. The Morgan fingerprint density at radius 2 is 1.84 bits per heavy atom. The summed E-state index contributed by atoms with van der Waals surface area (Å²) in [5.41, 5.74) is 1.92. The van der Waals surface area contributed by atoms with Crippen molar-refractivity contribution in [3.05, 3.63) is 42.7 Å². The minimum Gasteiger partial charge on any atom is -0.444 e. The zero-order valence-corrected chi connectivity index (χ0v) is 19.8. The van der Waals surface area contributed by atoms with Crippen LogP contribution in [0.25, 0.3) is 5.69 Å². The first kappa shape index (κ1) is 22.7. The number of nitrogens with one attached hydrogen (secondary N) is 1. The highest BCUT2D eigenvalue weighted by Crippen LogP contribution is 2.34. The predicted molar refractivity (Wildman–Crippen MR) is 128 cm³/mol. The molecule has 174 valence electrons. The van der Waals surface area contributed by atoms with Crippen molar-refractivity contribution in [2.45, 2.75) is 77.4 Å². The number of nitrogens with zero attached hydrogens (tertiary/aromatic N) is 3. The van der Waals surface area contributed by atoms with Gasteiger partial charge in [-0.25, -0.2) is 9.48 Å². The van der Waals surface area contributed by atoms with E-state index >= 15 is 0 Å².